The number of rotatable bonds is 8. The molecule has 3 rings (SSSR count). The van der Waals surface area contributed by atoms with Crippen LogP contribution in [-0.4, -0.2) is 80.2 Å². The molecule has 1 heterocycles. The van der Waals surface area contributed by atoms with E-state index in [0.29, 0.717) is 22.9 Å². The highest BCUT2D eigenvalue weighted by molar-refractivity contribution is 7.92. The van der Waals surface area contributed by atoms with Crippen molar-refractivity contribution in [2.45, 2.75) is 57.2 Å². The second-order valence-electron chi connectivity index (χ2n) is 10.3. The third-order valence-electron chi connectivity index (χ3n) is 6.51. The highest BCUT2D eigenvalue weighted by Gasteiger charge is 2.32. The number of benzene rings is 2. The van der Waals surface area contributed by atoms with Gasteiger partial charge in [0.1, 0.15) is 11.9 Å². The van der Waals surface area contributed by atoms with Crippen LogP contribution in [0, 0.1) is 5.92 Å². The summed E-state index contributed by atoms with van der Waals surface area (Å²) in [5.41, 5.74) is 0.749. The normalized spacial score (nSPS) is 18.8. The van der Waals surface area contributed by atoms with Crippen molar-refractivity contribution in [1.29, 1.82) is 0 Å². The summed E-state index contributed by atoms with van der Waals surface area (Å²) < 4.78 is 34.8. The number of anilines is 1. The van der Waals surface area contributed by atoms with Crippen LogP contribution in [0.25, 0.3) is 0 Å². The molecule has 3 N–H and O–H groups in total. The van der Waals surface area contributed by atoms with Gasteiger partial charge in [0.15, 0.2) is 0 Å². The Morgan fingerprint density at radius 3 is 2.49 bits per heavy atom. The van der Waals surface area contributed by atoms with E-state index in [1.54, 1.807) is 37.1 Å². The van der Waals surface area contributed by atoms with Crippen molar-refractivity contribution in [3.8, 4) is 5.75 Å². The summed E-state index contributed by atoms with van der Waals surface area (Å²) in [6, 6.07) is 9.84. The van der Waals surface area contributed by atoms with Crippen LogP contribution in [0.15, 0.2) is 47.4 Å². The fourth-order valence-electron chi connectivity index (χ4n) is 4.25. The molecular formula is C27H37ClN4O6S. The fraction of sp³-hybridized carbons (Fsp3) is 0.481. The van der Waals surface area contributed by atoms with Crippen LogP contribution < -0.4 is 14.8 Å². The molecule has 214 valence electrons. The molecule has 1 aliphatic rings. The van der Waals surface area contributed by atoms with Crippen LogP contribution in [0.3, 0.4) is 0 Å². The highest BCUT2D eigenvalue weighted by Crippen LogP contribution is 2.30. The molecule has 0 fully saturated rings. The zero-order valence-electron chi connectivity index (χ0n) is 22.8. The quantitative estimate of drug-likeness (QED) is 0.439. The van der Waals surface area contributed by atoms with E-state index in [4.69, 9.17) is 16.3 Å². The number of carbonyl (C=O) groups excluding carboxylic acids is 2. The minimum Gasteiger partial charge on any atom is -0.488 e. The van der Waals surface area contributed by atoms with Crippen LogP contribution in [0.5, 0.6) is 5.75 Å². The van der Waals surface area contributed by atoms with Crippen LogP contribution in [0.1, 0.15) is 33.3 Å². The van der Waals surface area contributed by atoms with E-state index < -0.39 is 22.2 Å². The summed E-state index contributed by atoms with van der Waals surface area (Å²) in [6.45, 7) is 7.79. The smallest absolute Gasteiger partial charge is 0.317 e. The fourth-order valence-corrected chi connectivity index (χ4v) is 5.42. The van der Waals surface area contributed by atoms with Gasteiger partial charge in [0, 0.05) is 41.8 Å². The van der Waals surface area contributed by atoms with Crippen molar-refractivity contribution in [2.75, 3.05) is 31.5 Å². The number of hydrogen-bond acceptors (Lipinski definition) is 6. The molecule has 12 heteroatoms. The first kappa shape index (κ1) is 30.5. The van der Waals surface area contributed by atoms with Crippen molar-refractivity contribution in [3.05, 3.63) is 53.1 Å². The lowest BCUT2D eigenvalue weighted by Gasteiger charge is -2.34. The number of aliphatic hydroxyl groups is 1. The van der Waals surface area contributed by atoms with E-state index in [-0.39, 0.29) is 54.1 Å². The molecule has 0 aromatic heterocycles. The van der Waals surface area contributed by atoms with Crippen molar-refractivity contribution >= 4 is 39.2 Å². The zero-order valence-corrected chi connectivity index (χ0v) is 24.4. The molecule has 0 bridgehead atoms. The van der Waals surface area contributed by atoms with Gasteiger partial charge in [-0.25, -0.2) is 13.2 Å². The third kappa shape index (κ3) is 8.00. The number of halogens is 1. The zero-order chi connectivity index (χ0) is 28.9. The SMILES string of the molecule is CC(C)NC(=O)N(C)C[C@H]1Oc2ccc(NS(=O)(=O)c3ccc(Cl)cc3)cc2CC(=O)N([C@@H](C)CO)C[C@@H]1C. The first-order valence-corrected chi connectivity index (χ1v) is 14.7. The Bertz CT molecular complexity index is 1270. The first-order chi connectivity index (χ1) is 18.3. The molecule has 39 heavy (non-hydrogen) atoms. The Balaban J connectivity index is 1.95. The number of urea groups is 1. The number of amides is 3. The molecule has 3 amide bonds. The van der Waals surface area contributed by atoms with Crippen LogP contribution in [-0.2, 0) is 21.2 Å². The number of fused-ring (bicyclic) bond motifs is 1. The minimum atomic E-state index is -3.91. The number of hydrogen-bond donors (Lipinski definition) is 3. The number of nitrogens with zero attached hydrogens (tertiary/aromatic N) is 2. The van der Waals surface area contributed by atoms with Gasteiger partial charge in [-0.2, -0.15) is 0 Å². The predicted molar refractivity (Wildman–Crippen MR) is 151 cm³/mol. The molecule has 0 saturated heterocycles. The Hall–Kier alpha value is -3.02. The molecule has 0 radical (unpaired) electrons. The van der Waals surface area contributed by atoms with E-state index in [9.17, 15) is 23.1 Å². The van der Waals surface area contributed by atoms with Crippen molar-refractivity contribution < 1.29 is 27.9 Å². The van der Waals surface area contributed by atoms with Gasteiger partial charge in [0.25, 0.3) is 10.0 Å². The lowest BCUT2D eigenvalue weighted by Crippen LogP contribution is -2.49. The van der Waals surface area contributed by atoms with Gasteiger partial charge in [0.05, 0.1) is 30.5 Å². The van der Waals surface area contributed by atoms with Gasteiger partial charge in [-0.05, 0) is 63.2 Å². The standard InChI is InChI=1S/C27H37ClN4O6S/c1-17(2)29-27(35)31(5)15-25-18(3)14-32(19(4)16-33)26(34)13-20-12-22(8-11-24(20)38-25)30-39(36,37)23-9-6-21(28)7-10-23/h6-12,17-19,25,30,33H,13-16H2,1-5H3,(H,29,35)/t18-,19-,25+/m0/s1. The molecule has 1 aliphatic heterocycles. The van der Waals surface area contributed by atoms with Crippen molar-refractivity contribution in [3.63, 3.8) is 0 Å². The van der Waals surface area contributed by atoms with Crippen LogP contribution in [0.4, 0.5) is 10.5 Å². The predicted octanol–water partition coefficient (Wildman–Crippen LogP) is 3.34. The topological polar surface area (TPSA) is 128 Å². The Labute approximate surface area is 235 Å². The average Bonchev–Trinajstić information content (AvgIpc) is 2.91. The van der Waals surface area contributed by atoms with E-state index >= 15 is 0 Å². The van der Waals surface area contributed by atoms with Crippen molar-refractivity contribution in [2.24, 2.45) is 5.92 Å². The number of nitrogens with one attached hydrogen (secondary N) is 2. The molecule has 2 aromatic rings. The maximum atomic E-state index is 13.4. The van der Waals surface area contributed by atoms with Gasteiger partial charge in [-0.15, -0.1) is 0 Å². The van der Waals surface area contributed by atoms with Crippen LogP contribution in [0.2, 0.25) is 5.02 Å². The molecule has 0 unspecified atom stereocenters. The van der Waals surface area contributed by atoms with Gasteiger partial charge < -0.3 is 25.0 Å². The monoisotopic (exact) mass is 580 g/mol. The summed E-state index contributed by atoms with van der Waals surface area (Å²) in [4.78, 5) is 29.1. The maximum absolute atomic E-state index is 13.4. The van der Waals surface area contributed by atoms with Gasteiger partial charge in [0.2, 0.25) is 5.91 Å². The second kappa shape index (κ2) is 12.9. The third-order valence-corrected chi connectivity index (χ3v) is 8.15. The molecule has 0 spiro atoms. The number of likely N-dealkylation sites (N-methyl/N-ethyl adjacent to an activating group) is 1. The average molecular weight is 581 g/mol. The van der Waals surface area contributed by atoms with E-state index in [1.807, 2.05) is 20.8 Å². The highest BCUT2D eigenvalue weighted by atomic mass is 35.5. The maximum Gasteiger partial charge on any atom is 0.317 e. The molecular weight excluding hydrogens is 544 g/mol. The molecule has 2 aromatic carbocycles. The first-order valence-electron chi connectivity index (χ1n) is 12.8. The van der Waals surface area contributed by atoms with Gasteiger partial charge in [-0.1, -0.05) is 18.5 Å². The number of sulfonamides is 1. The van der Waals surface area contributed by atoms with Gasteiger partial charge >= 0.3 is 6.03 Å². The van der Waals surface area contributed by atoms with E-state index in [0.717, 1.165) is 0 Å². The lowest BCUT2D eigenvalue weighted by molar-refractivity contribution is -0.134. The second-order valence-corrected chi connectivity index (χ2v) is 12.4. The largest absolute Gasteiger partial charge is 0.488 e. The van der Waals surface area contributed by atoms with Crippen LogP contribution >= 0.6 is 11.6 Å². The molecule has 3 atom stereocenters. The Morgan fingerprint density at radius 1 is 1.21 bits per heavy atom. The van der Waals surface area contributed by atoms with Gasteiger partial charge in [-0.3, -0.25) is 9.52 Å². The minimum absolute atomic E-state index is 0.0341. The summed E-state index contributed by atoms with van der Waals surface area (Å²) in [5, 5.41) is 13.1. The number of aliphatic hydroxyl groups excluding tert-OH is 1. The molecule has 0 aliphatic carbocycles. The van der Waals surface area contributed by atoms with Crippen molar-refractivity contribution in [1.82, 2.24) is 15.1 Å². The molecule has 10 nitrogen and oxygen atoms in total. The molecule has 0 saturated carbocycles. The summed E-state index contributed by atoms with van der Waals surface area (Å²) in [6.07, 6.45) is -0.540. The summed E-state index contributed by atoms with van der Waals surface area (Å²) in [5.74, 6) is 0.00890. The Morgan fingerprint density at radius 2 is 1.87 bits per heavy atom. The Kier molecular flexibility index (Phi) is 10.1. The number of ether oxygens (including phenoxy) is 1. The lowest BCUT2D eigenvalue weighted by atomic mass is 10.0. The van der Waals surface area contributed by atoms with E-state index in [2.05, 4.69) is 10.0 Å². The number of carbonyl (C=O) groups is 2. The summed E-state index contributed by atoms with van der Waals surface area (Å²) in [7, 11) is -2.23. The summed E-state index contributed by atoms with van der Waals surface area (Å²) >= 11 is 5.89. The van der Waals surface area contributed by atoms with E-state index in [1.165, 1.54) is 29.2 Å².